The fourth-order valence-corrected chi connectivity index (χ4v) is 4.98. The molecule has 124 valence electrons. The number of rotatable bonds is 2. The van der Waals surface area contributed by atoms with Gasteiger partial charge in [0.1, 0.15) is 5.65 Å². The Bertz CT molecular complexity index is 1040. The van der Waals surface area contributed by atoms with E-state index in [2.05, 4.69) is 4.98 Å². The molecule has 0 unspecified atom stereocenters. The number of imidazole rings is 1. The Hall–Kier alpha value is -2.18. The lowest BCUT2D eigenvalue weighted by molar-refractivity contribution is 0.383. The molecule has 24 heavy (non-hydrogen) atoms. The van der Waals surface area contributed by atoms with Gasteiger partial charge < -0.3 is 4.40 Å². The van der Waals surface area contributed by atoms with Crippen LogP contribution in [0, 0.1) is 13.8 Å². The number of sulfonamides is 1. The Balaban J connectivity index is 1.76. The van der Waals surface area contributed by atoms with Gasteiger partial charge in [0.2, 0.25) is 10.0 Å². The first-order valence-electron chi connectivity index (χ1n) is 7.99. The molecule has 2 aromatic heterocycles. The lowest BCUT2D eigenvalue weighted by atomic mass is 10.2. The van der Waals surface area contributed by atoms with E-state index >= 15 is 0 Å². The molecule has 0 saturated carbocycles. The topological polar surface area (TPSA) is 54.7 Å². The van der Waals surface area contributed by atoms with Crippen LogP contribution in [0.1, 0.15) is 22.5 Å². The van der Waals surface area contributed by atoms with Crippen molar-refractivity contribution in [2.45, 2.75) is 31.7 Å². The fraction of sp³-hybridized carbons (Fsp3) is 0.278. The van der Waals surface area contributed by atoms with Crippen molar-refractivity contribution in [3.63, 3.8) is 0 Å². The van der Waals surface area contributed by atoms with Crippen molar-refractivity contribution in [2.75, 3.05) is 6.54 Å². The number of fused-ring (bicyclic) bond motifs is 3. The molecule has 0 fully saturated rings. The summed E-state index contributed by atoms with van der Waals surface area (Å²) in [4.78, 5) is 5.01. The molecule has 0 saturated heterocycles. The van der Waals surface area contributed by atoms with Crippen molar-refractivity contribution in [1.29, 1.82) is 0 Å². The molecule has 0 radical (unpaired) electrons. The van der Waals surface area contributed by atoms with Gasteiger partial charge in [-0.05, 0) is 37.6 Å². The van der Waals surface area contributed by atoms with E-state index in [0.717, 1.165) is 28.2 Å². The summed E-state index contributed by atoms with van der Waals surface area (Å²) in [5.41, 5.74) is 4.68. The van der Waals surface area contributed by atoms with Crippen LogP contribution >= 0.6 is 0 Å². The van der Waals surface area contributed by atoms with E-state index in [0.29, 0.717) is 24.4 Å². The minimum atomic E-state index is -3.51. The van der Waals surface area contributed by atoms with Crippen LogP contribution in [0.15, 0.2) is 47.5 Å². The van der Waals surface area contributed by atoms with Crippen LogP contribution in [0.3, 0.4) is 0 Å². The predicted octanol–water partition coefficient (Wildman–Crippen LogP) is 2.70. The van der Waals surface area contributed by atoms with Gasteiger partial charge in [0.15, 0.2) is 0 Å². The van der Waals surface area contributed by atoms with Crippen LogP contribution in [-0.2, 0) is 23.0 Å². The standard InChI is InChI=1S/C18H19N3O2S/c1-13-6-7-17(14(2)11-13)24(22,23)20-10-8-15-16(12-20)21-9-4-3-5-18(21)19-15/h3-7,9,11H,8,10,12H2,1-2H3. The molecule has 0 aliphatic carbocycles. The van der Waals surface area contributed by atoms with E-state index < -0.39 is 10.0 Å². The summed E-state index contributed by atoms with van der Waals surface area (Å²) < 4.78 is 29.7. The smallest absolute Gasteiger partial charge is 0.243 e. The number of nitrogens with zero attached hydrogens (tertiary/aromatic N) is 3. The van der Waals surface area contributed by atoms with Crippen LogP contribution in [0.5, 0.6) is 0 Å². The Morgan fingerprint density at radius 3 is 2.75 bits per heavy atom. The summed E-state index contributed by atoms with van der Waals surface area (Å²) in [5, 5.41) is 0. The Morgan fingerprint density at radius 1 is 1.12 bits per heavy atom. The van der Waals surface area contributed by atoms with Gasteiger partial charge in [-0.1, -0.05) is 23.8 Å². The number of aromatic nitrogens is 2. The van der Waals surface area contributed by atoms with Gasteiger partial charge in [0, 0.05) is 19.2 Å². The van der Waals surface area contributed by atoms with Crippen molar-refractivity contribution >= 4 is 15.7 Å². The quantitative estimate of drug-likeness (QED) is 0.720. The van der Waals surface area contributed by atoms with Crippen LogP contribution in [0.4, 0.5) is 0 Å². The van der Waals surface area contributed by atoms with E-state index in [9.17, 15) is 8.42 Å². The monoisotopic (exact) mass is 341 g/mol. The van der Waals surface area contributed by atoms with Crippen LogP contribution in [0.2, 0.25) is 0 Å². The van der Waals surface area contributed by atoms with Crippen molar-refractivity contribution in [3.8, 4) is 0 Å². The number of aryl methyl sites for hydroxylation is 2. The molecule has 0 amide bonds. The molecule has 0 spiro atoms. The van der Waals surface area contributed by atoms with Crippen LogP contribution in [0.25, 0.3) is 5.65 Å². The van der Waals surface area contributed by atoms with Gasteiger partial charge in [-0.25, -0.2) is 13.4 Å². The van der Waals surface area contributed by atoms with Gasteiger partial charge in [0.05, 0.1) is 22.8 Å². The molecule has 5 nitrogen and oxygen atoms in total. The summed E-state index contributed by atoms with van der Waals surface area (Å²) in [5.74, 6) is 0. The Morgan fingerprint density at radius 2 is 1.96 bits per heavy atom. The van der Waals surface area contributed by atoms with Crippen LogP contribution < -0.4 is 0 Å². The molecule has 1 aliphatic rings. The zero-order chi connectivity index (χ0) is 16.9. The highest BCUT2D eigenvalue weighted by Gasteiger charge is 2.31. The highest BCUT2D eigenvalue weighted by atomic mass is 32.2. The Labute approximate surface area is 141 Å². The van der Waals surface area contributed by atoms with E-state index in [1.54, 1.807) is 10.4 Å². The second-order valence-electron chi connectivity index (χ2n) is 6.29. The first-order chi connectivity index (χ1) is 11.5. The summed E-state index contributed by atoms with van der Waals surface area (Å²) in [6, 6.07) is 11.3. The van der Waals surface area contributed by atoms with Crippen molar-refractivity contribution in [2.24, 2.45) is 0 Å². The number of benzene rings is 1. The second kappa shape index (κ2) is 5.43. The molecule has 4 rings (SSSR count). The maximum Gasteiger partial charge on any atom is 0.243 e. The van der Waals surface area contributed by atoms with Gasteiger partial charge in [-0.15, -0.1) is 0 Å². The lowest BCUT2D eigenvalue weighted by Crippen LogP contribution is -2.36. The van der Waals surface area contributed by atoms with Crippen molar-refractivity contribution < 1.29 is 8.42 Å². The first kappa shape index (κ1) is 15.4. The average molecular weight is 341 g/mol. The fourth-order valence-electron chi connectivity index (χ4n) is 3.37. The summed E-state index contributed by atoms with van der Waals surface area (Å²) in [7, 11) is -3.51. The summed E-state index contributed by atoms with van der Waals surface area (Å²) >= 11 is 0. The molecule has 0 N–H and O–H groups in total. The molecule has 1 aliphatic heterocycles. The van der Waals surface area contributed by atoms with Gasteiger partial charge in [-0.2, -0.15) is 4.31 Å². The molecule has 0 atom stereocenters. The van der Waals surface area contributed by atoms with Crippen molar-refractivity contribution in [1.82, 2.24) is 13.7 Å². The molecule has 3 aromatic rings. The third kappa shape index (κ3) is 2.34. The zero-order valence-corrected chi connectivity index (χ0v) is 14.5. The third-order valence-electron chi connectivity index (χ3n) is 4.58. The van der Waals surface area contributed by atoms with E-state index in [1.807, 2.05) is 54.8 Å². The maximum absolute atomic E-state index is 13.1. The number of pyridine rings is 1. The number of hydrogen-bond acceptors (Lipinski definition) is 3. The average Bonchev–Trinajstić information content (AvgIpc) is 2.92. The highest BCUT2D eigenvalue weighted by Crippen LogP contribution is 2.27. The van der Waals surface area contributed by atoms with E-state index in [4.69, 9.17) is 0 Å². The maximum atomic E-state index is 13.1. The predicted molar refractivity (Wildman–Crippen MR) is 92.4 cm³/mol. The minimum absolute atomic E-state index is 0.357. The minimum Gasteiger partial charge on any atom is -0.302 e. The highest BCUT2D eigenvalue weighted by molar-refractivity contribution is 7.89. The molecule has 0 bridgehead atoms. The van der Waals surface area contributed by atoms with Gasteiger partial charge in [-0.3, -0.25) is 0 Å². The third-order valence-corrected chi connectivity index (χ3v) is 6.59. The second-order valence-corrected chi connectivity index (χ2v) is 8.20. The van der Waals surface area contributed by atoms with Gasteiger partial charge >= 0.3 is 0 Å². The molecular weight excluding hydrogens is 322 g/mol. The van der Waals surface area contributed by atoms with Crippen LogP contribution in [-0.4, -0.2) is 28.7 Å². The van der Waals surface area contributed by atoms with E-state index in [1.165, 1.54) is 0 Å². The summed E-state index contributed by atoms with van der Waals surface area (Å²) in [6.07, 6.45) is 2.58. The Kier molecular flexibility index (Phi) is 3.47. The lowest BCUT2D eigenvalue weighted by Gasteiger charge is -2.26. The SMILES string of the molecule is Cc1ccc(S(=O)(=O)N2CCc3nc4ccccn4c3C2)c(C)c1. The van der Waals surface area contributed by atoms with Gasteiger partial charge in [0.25, 0.3) is 0 Å². The van der Waals surface area contributed by atoms with Crippen molar-refractivity contribution in [3.05, 3.63) is 65.1 Å². The molecule has 3 heterocycles. The van der Waals surface area contributed by atoms with E-state index in [-0.39, 0.29) is 0 Å². The first-order valence-corrected chi connectivity index (χ1v) is 9.43. The molecular formula is C18H19N3O2S. The summed E-state index contributed by atoms with van der Waals surface area (Å²) in [6.45, 7) is 4.64. The largest absolute Gasteiger partial charge is 0.302 e. The molecule has 6 heteroatoms. The normalized spacial score (nSPS) is 15.6. The zero-order valence-electron chi connectivity index (χ0n) is 13.7. The number of hydrogen-bond donors (Lipinski definition) is 0. The molecule has 1 aromatic carbocycles.